The number of sulfonamides is 1. The van der Waals surface area contributed by atoms with Crippen LogP contribution in [0, 0.1) is 5.92 Å². The molecule has 1 fully saturated rings. The van der Waals surface area contributed by atoms with Crippen LogP contribution >= 0.6 is 0 Å². The van der Waals surface area contributed by atoms with Crippen molar-refractivity contribution < 1.29 is 17.9 Å². The first kappa shape index (κ1) is 30.6. The van der Waals surface area contributed by atoms with E-state index >= 15 is 0 Å². The van der Waals surface area contributed by atoms with Gasteiger partial charge in [-0.05, 0) is 78.6 Å². The van der Waals surface area contributed by atoms with Crippen molar-refractivity contribution in [1.29, 1.82) is 0 Å². The summed E-state index contributed by atoms with van der Waals surface area (Å²) in [5.41, 5.74) is 5.34. The molecular weight excluding hydrogens is 627 g/mol. The number of fused-ring (bicyclic) bond motifs is 5. The highest BCUT2D eigenvalue weighted by atomic mass is 32.2. The number of rotatable bonds is 9. The van der Waals surface area contributed by atoms with E-state index in [0.29, 0.717) is 43.2 Å². The monoisotopic (exact) mass is 665 g/mol. The van der Waals surface area contributed by atoms with Crippen molar-refractivity contribution in [2.24, 2.45) is 5.92 Å². The molecule has 0 radical (unpaired) electrons. The summed E-state index contributed by atoms with van der Waals surface area (Å²) in [7, 11) is -3.88. The van der Waals surface area contributed by atoms with Gasteiger partial charge in [0.1, 0.15) is 12.4 Å². The number of ether oxygens (including phenoxy) is 1. The molecule has 248 valence electrons. The van der Waals surface area contributed by atoms with Gasteiger partial charge in [0.25, 0.3) is 0 Å². The molecule has 48 heavy (non-hydrogen) atoms. The molecule has 8 rings (SSSR count). The van der Waals surface area contributed by atoms with Crippen LogP contribution in [0.5, 0.6) is 5.75 Å². The van der Waals surface area contributed by atoms with E-state index < -0.39 is 16.1 Å². The minimum absolute atomic E-state index is 0.135. The van der Waals surface area contributed by atoms with Crippen molar-refractivity contribution in [2.75, 3.05) is 18.5 Å². The molecule has 3 aliphatic rings. The predicted octanol–water partition coefficient (Wildman–Crippen LogP) is 5.82. The van der Waals surface area contributed by atoms with Crippen LogP contribution in [0.2, 0.25) is 0 Å². The summed E-state index contributed by atoms with van der Waals surface area (Å²) in [6.07, 6.45) is 5.05. The Balaban J connectivity index is 1.17. The first-order chi connectivity index (χ1) is 23.2. The van der Waals surface area contributed by atoms with E-state index in [1.54, 1.807) is 6.07 Å². The van der Waals surface area contributed by atoms with Crippen molar-refractivity contribution in [1.82, 2.24) is 30.3 Å². The van der Waals surface area contributed by atoms with Gasteiger partial charge in [0.15, 0.2) is 0 Å². The SMILES string of the molecule is CC(C)CNS(=O)(=O)c1cc2c(c3cnc(C4CC4)cc13)C(Nc1nc3ccccc3[nH]1)CC2NC(=O)NC1COc2ccccc2C1. The number of hydrogen-bond donors (Lipinski definition) is 5. The molecule has 0 saturated heterocycles. The first-order valence-corrected chi connectivity index (χ1v) is 18.2. The minimum Gasteiger partial charge on any atom is -0.491 e. The fourth-order valence-corrected chi connectivity index (χ4v) is 8.39. The second-order valence-corrected chi connectivity index (χ2v) is 15.3. The second-order valence-electron chi connectivity index (χ2n) is 13.6. The maximum atomic E-state index is 13.9. The number of nitrogens with zero attached hydrogens (tertiary/aromatic N) is 2. The summed E-state index contributed by atoms with van der Waals surface area (Å²) in [4.78, 5) is 26.7. The van der Waals surface area contributed by atoms with E-state index in [-0.39, 0.29) is 28.9 Å². The van der Waals surface area contributed by atoms with Gasteiger partial charge in [-0.2, -0.15) is 0 Å². The third-order valence-electron chi connectivity index (χ3n) is 9.46. The number of hydrogen-bond acceptors (Lipinski definition) is 7. The number of imidazole rings is 1. The molecule has 1 saturated carbocycles. The van der Waals surface area contributed by atoms with E-state index in [9.17, 15) is 13.2 Å². The van der Waals surface area contributed by atoms with Gasteiger partial charge in [-0.3, -0.25) is 4.98 Å². The Morgan fingerprint density at radius 1 is 1.02 bits per heavy atom. The average Bonchev–Trinajstić information content (AvgIpc) is 3.76. The molecule has 3 heterocycles. The van der Waals surface area contributed by atoms with Gasteiger partial charge >= 0.3 is 6.03 Å². The molecule has 11 nitrogen and oxygen atoms in total. The standard InChI is InChI=1S/C36H39N7O4S/c1-20(2)17-38-48(45,46)33-15-25-30(43-36(44)39-23-13-22-7-3-6-10-32(22)47-19-23)16-31(42-35-40-27-8-4-5-9-28(27)41-35)34(25)26-18-37-29(14-24(26)33)21-11-12-21/h3-10,14-15,18,20-21,23,30-31,38H,11-13,16-17,19H2,1-2H3,(H2,39,43,44)(H2,40,41,42). The van der Waals surface area contributed by atoms with Crippen molar-refractivity contribution in [2.45, 2.75) is 68.5 Å². The zero-order chi connectivity index (χ0) is 33.0. The Hall–Kier alpha value is -4.68. The van der Waals surface area contributed by atoms with Gasteiger partial charge in [0, 0.05) is 35.1 Å². The van der Waals surface area contributed by atoms with Crippen molar-refractivity contribution in [3.8, 4) is 5.75 Å². The number of H-pyrrole nitrogens is 1. The van der Waals surface area contributed by atoms with Gasteiger partial charge < -0.3 is 25.7 Å². The summed E-state index contributed by atoms with van der Waals surface area (Å²) in [5, 5.41) is 11.2. The minimum atomic E-state index is -3.88. The third kappa shape index (κ3) is 5.94. The molecule has 5 N–H and O–H groups in total. The number of carbonyl (C=O) groups excluding carboxylic acids is 1. The molecule has 0 spiro atoms. The Labute approximate surface area is 279 Å². The molecule has 3 unspecified atom stereocenters. The number of pyridine rings is 1. The number of amides is 2. The Morgan fingerprint density at radius 2 is 1.83 bits per heavy atom. The molecule has 2 aromatic heterocycles. The van der Waals surface area contributed by atoms with Gasteiger partial charge in [-0.25, -0.2) is 22.9 Å². The average molecular weight is 666 g/mol. The predicted molar refractivity (Wildman–Crippen MR) is 185 cm³/mol. The molecule has 3 aromatic carbocycles. The largest absolute Gasteiger partial charge is 0.491 e. The van der Waals surface area contributed by atoms with E-state index in [1.807, 2.05) is 74.6 Å². The maximum Gasteiger partial charge on any atom is 0.315 e. The number of para-hydroxylation sites is 3. The number of anilines is 1. The van der Waals surface area contributed by atoms with Crippen molar-refractivity contribution in [3.63, 3.8) is 0 Å². The van der Waals surface area contributed by atoms with Crippen molar-refractivity contribution in [3.05, 3.63) is 89.2 Å². The number of carbonyl (C=O) groups is 1. The fraction of sp³-hybridized carbons (Fsp3) is 0.361. The third-order valence-corrected chi connectivity index (χ3v) is 10.9. The fourth-order valence-electron chi connectivity index (χ4n) is 6.94. The molecule has 3 atom stereocenters. The van der Waals surface area contributed by atoms with Crippen LogP contribution in [-0.2, 0) is 16.4 Å². The lowest BCUT2D eigenvalue weighted by molar-refractivity contribution is 0.211. The van der Waals surface area contributed by atoms with Crippen LogP contribution in [0.15, 0.2) is 71.8 Å². The van der Waals surface area contributed by atoms with E-state index in [4.69, 9.17) is 14.7 Å². The van der Waals surface area contributed by atoms with Crippen molar-refractivity contribution >= 4 is 43.8 Å². The summed E-state index contributed by atoms with van der Waals surface area (Å²) in [6, 6.07) is 18.0. The topological polar surface area (TPSA) is 150 Å². The number of aromatic amines is 1. The molecule has 1 aliphatic heterocycles. The molecular formula is C36H39N7O4S. The smallest absolute Gasteiger partial charge is 0.315 e. The maximum absolute atomic E-state index is 13.9. The Kier molecular flexibility index (Phi) is 7.72. The highest BCUT2D eigenvalue weighted by Gasteiger charge is 2.38. The van der Waals surface area contributed by atoms with Gasteiger partial charge in [-0.15, -0.1) is 0 Å². The summed E-state index contributed by atoms with van der Waals surface area (Å²) >= 11 is 0. The second kappa shape index (κ2) is 12.1. The highest BCUT2D eigenvalue weighted by Crippen LogP contribution is 2.47. The lowest BCUT2D eigenvalue weighted by Crippen LogP contribution is -2.47. The van der Waals surface area contributed by atoms with Crippen LogP contribution in [-0.4, -0.2) is 48.6 Å². The van der Waals surface area contributed by atoms with E-state index in [2.05, 4.69) is 25.7 Å². The first-order valence-electron chi connectivity index (χ1n) is 16.7. The molecule has 2 aliphatic carbocycles. The number of benzene rings is 3. The van der Waals surface area contributed by atoms with Crippen LogP contribution in [0.1, 0.15) is 73.5 Å². The molecule has 2 amide bonds. The van der Waals surface area contributed by atoms with Gasteiger partial charge in [0.2, 0.25) is 16.0 Å². The van der Waals surface area contributed by atoms with Gasteiger partial charge in [0.05, 0.1) is 34.1 Å². The Morgan fingerprint density at radius 3 is 2.65 bits per heavy atom. The van der Waals surface area contributed by atoms with E-state index in [0.717, 1.165) is 57.4 Å². The van der Waals surface area contributed by atoms with Crippen LogP contribution in [0.4, 0.5) is 10.7 Å². The van der Waals surface area contributed by atoms with Crippen LogP contribution in [0.25, 0.3) is 21.8 Å². The zero-order valence-electron chi connectivity index (χ0n) is 26.9. The molecule has 0 bridgehead atoms. The molecule has 12 heteroatoms. The number of aromatic nitrogens is 3. The normalized spacial score (nSPS) is 20.4. The summed E-state index contributed by atoms with van der Waals surface area (Å²) < 4.78 is 36.6. The molecule has 5 aromatic rings. The Bertz CT molecular complexity index is 2110. The van der Waals surface area contributed by atoms with Gasteiger partial charge in [-0.1, -0.05) is 44.2 Å². The lowest BCUT2D eigenvalue weighted by atomic mass is 9.98. The summed E-state index contributed by atoms with van der Waals surface area (Å²) in [5.74, 6) is 1.92. The van der Waals surface area contributed by atoms with E-state index in [1.165, 1.54) is 0 Å². The lowest BCUT2D eigenvalue weighted by Gasteiger charge is -2.27. The summed E-state index contributed by atoms with van der Waals surface area (Å²) in [6.45, 7) is 4.63. The zero-order valence-corrected chi connectivity index (χ0v) is 27.7. The highest BCUT2D eigenvalue weighted by molar-refractivity contribution is 7.89. The van der Waals surface area contributed by atoms with Crippen LogP contribution in [0.3, 0.4) is 0 Å². The quantitative estimate of drug-likeness (QED) is 0.133. The van der Waals surface area contributed by atoms with Crippen LogP contribution < -0.4 is 25.4 Å². The number of nitrogens with one attached hydrogen (secondary N) is 5. The number of urea groups is 1.